The van der Waals surface area contributed by atoms with Crippen LogP contribution in [0.2, 0.25) is 0 Å². The number of nitrogens with zero attached hydrogens (tertiary/aromatic N) is 3. The molecule has 0 fully saturated rings. The van der Waals surface area contributed by atoms with E-state index in [0.29, 0.717) is 12.2 Å². The summed E-state index contributed by atoms with van der Waals surface area (Å²) in [6.45, 7) is 6.30. The molecule has 19 heavy (non-hydrogen) atoms. The van der Waals surface area contributed by atoms with Gasteiger partial charge in [-0.2, -0.15) is 0 Å². The lowest BCUT2D eigenvalue weighted by Crippen LogP contribution is -2.28. The minimum atomic E-state index is -1.12. The third kappa shape index (κ3) is 3.77. The second-order valence-electron chi connectivity index (χ2n) is 3.82. The molecule has 0 atom stereocenters. The lowest BCUT2D eigenvalue weighted by atomic mass is 10.1. The van der Waals surface area contributed by atoms with Gasteiger partial charge in [0.15, 0.2) is 5.92 Å². The maximum Gasteiger partial charge on any atom is 0.326 e. The highest BCUT2D eigenvalue weighted by Crippen LogP contribution is 2.19. The van der Waals surface area contributed by atoms with Crippen molar-refractivity contribution in [2.24, 2.45) is 0 Å². The fraction of sp³-hybridized carbons (Fsp3) is 0.667. The lowest BCUT2D eigenvalue weighted by molar-refractivity contribution is -0.157. The van der Waals surface area contributed by atoms with Crippen LogP contribution in [0.3, 0.4) is 0 Å². The van der Waals surface area contributed by atoms with Crippen LogP contribution in [0.4, 0.5) is 0 Å². The number of ether oxygens (including phenoxy) is 2. The molecule has 0 bridgehead atoms. The fourth-order valence-electron chi connectivity index (χ4n) is 1.66. The Balaban J connectivity index is 3.04. The van der Waals surface area contributed by atoms with Crippen molar-refractivity contribution >= 4 is 11.9 Å². The van der Waals surface area contributed by atoms with Crippen LogP contribution in [0.25, 0.3) is 0 Å². The third-order valence-electron chi connectivity index (χ3n) is 2.42. The quantitative estimate of drug-likeness (QED) is 0.540. The van der Waals surface area contributed by atoms with Gasteiger partial charge in [0.1, 0.15) is 0 Å². The maximum absolute atomic E-state index is 11.9. The van der Waals surface area contributed by atoms with Crippen molar-refractivity contribution in [3.05, 3.63) is 11.9 Å². The standard InChI is InChI=1S/C12H19N3O4/c1-4-7-15-9(8-13-14-15)10(11(16)18-5-2)12(17)19-6-3/h8,10H,4-7H2,1-3H3. The summed E-state index contributed by atoms with van der Waals surface area (Å²) in [6.07, 6.45) is 2.21. The number of carbonyl (C=O) groups excluding carboxylic acids is 2. The summed E-state index contributed by atoms with van der Waals surface area (Å²) in [4.78, 5) is 23.8. The number of esters is 2. The number of aromatic nitrogens is 3. The van der Waals surface area contributed by atoms with E-state index in [2.05, 4.69) is 10.3 Å². The summed E-state index contributed by atoms with van der Waals surface area (Å²) in [5.74, 6) is -2.40. The Morgan fingerprint density at radius 3 is 2.26 bits per heavy atom. The van der Waals surface area contributed by atoms with E-state index in [-0.39, 0.29) is 13.2 Å². The summed E-state index contributed by atoms with van der Waals surface area (Å²) in [7, 11) is 0. The van der Waals surface area contributed by atoms with E-state index in [1.165, 1.54) is 10.9 Å². The normalized spacial score (nSPS) is 10.5. The zero-order valence-corrected chi connectivity index (χ0v) is 11.5. The Morgan fingerprint density at radius 2 is 1.79 bits per heavy atom. The molecule has 0 saturated heterocycles. The number of aryl methyl sites for hydroxylation is 1. The molecule has 1 aromatic rings. The molecule has 0 aliphatic heterocycles. The molecule has 0 N–H and O–H groups in total. The van der Waals surface area contributed by atoms with Crippen molar-refractivity contribution in [3.63, 3.8) is 0 Å². The van der Waals surface area contributed by atoms with Crippen LogP contribution in [-0.2, 0) is 25.6 Å². The van der Waals surface area contributed by atoms with Crippen LogP contribution in [0, 0.1) is 0 Å². The summed E-state index contributed by atoms with van der Waals surface area (Å²) in [5.41, 5.74) is 0.402. The van der Waals surface area contributed by atoms with Crippen molar-refractivity contribution in [1.82, 2.24) is 15.0 Å². The molecule has 1 aromatic heterocycles. The Morgan fingerprint density at radius 1 is 1.21 bits per heavy atom. The van der Waals surface area contributed by atoms with E-state index in [1.54, 1.807) is 13.8 Å². The Labute approximate surface area is 111 Å². The molecule has 7 nitrogen and oxygen atoms in total. The van der Waals surface area contributed by atoms with E-state index in [0.717, 1.165) is 6.42 Å². The van der Waals surface area contributed by atoms with Crippen molar-refractivity contribution in [3.8, 4) is 0 Å². The molecule has 0 radical (unpaired) electrons. The van der Waals surface area contributed by atoms with Gasteiger partial charge in [-0.1, -0.05) is 12.1 Å². The zero-order valence-electron chi connectivity index (χ0n) is 11.5. The Bertz CT molecular complexity index is 412. The van der Waals surface area contributed by atoms with Gasteiger partial charge in [0.05, 0.1) is 25.1 Å². The molecule has 0 saturated carbocycles. The SMILES string of the molecule is CCCn1nncc1C(C(=O)OCC)C(=O)OCC. The molecule has 106 valence electrons. The predicted molar refractivity (Wildman–Crippen MR) is 66.3 cm³/mol. The molecule has 0 aliphatic rings. The first-order chi connectivity index (χ1) is 9.15. The number of carbonyl (C=O) groups is 2. The molecule has 0 aliphatic carbocycles. The average Bonchev–Trinajstić information content (AvgIpc) is 2.79. The van der Waals surface area contributed by atoms with Crippen molar-refractivity contribution in [1.29, 1.82) is 0 Å². The predicted octanol–water partition coefficient (Wildman–Crippen LogP) is 0.898. The van der Waals surface area contributed by atoms with Gasteiger partial charge in [-0.25, -0.2) is 4.68 Å². The second-order valence-corrected chi connectivity index (χ2v) is 3.82. The molecule has 0 aromatic carbocycles. The first kappa shape index (κ1) is 15.1. The van der Waals surface area contributed by atoms with Crippen LogP contribution in [0.5, 0.6) is 0 Å². The van der Waals surface area contributed by atoms with E-state index < -0.39 is 17.9 Å². The van der Waals surface area contributed by atoms with Crippen LogP contribution in [0.15, 0.2) is 6.20 Å². The fourth-order valence-corrected chi connectivity index (χ4v) is 1.66. The largest absolute Gasteiger partial charge is 0.465 e. The number of hydrogen-bond acceptors (Lipinski definition) is 6. The van der Waals surface area contributed by atoms with E-state index in [9.17, 15) is 9.59 Å². The molecule has 0 unspecified atom stereocenters. The van der Waals surface area contributed by atoms with Gasteiger partial charge >= 0.3 is 11.9 Å². The third-order valence-corrected chi connectivity index (χ3v) is 2.42. The van der Waals surface area contributed by atoms with Crippen molar-refractivity contribution < 1.29 is 19.1 Å². The topological polar surface area (TPSA) is 83.3 Å². The highest BCUT2D eigenvalue weighted by molar-refractivity contribution is 6.00. The van der Waals surface area contributed by atoms with Gasteiger partial charge in [0, 0.05) is 6.54 Å². The maximum atomic E-state index is 11.9. The van der Waals surface area contributed by atoms with Crippen LogP contribution in [0.1, 0.15) is 38.8 Å². The molecule has 7 heteroatoms. The zero-order chi connectivity index (χ0) is 14.3. The molecular weight excluding hydrogens is 250 g/mol. The van der Waals surface area contributed by atoms with Gasteiger partial charge in [-0.05, 0) is 20.3 Å². The van der Waals surface area contributed by atoms with Crippen LogP contribution < -0.4 is 0 Å². The minimum absolute atomic E-state index is 0.198. The lowest BCUT2D eigenvalue weighted by Gasteiger charge is -2.14. The van der Waals surface area contributed by atoms with Crippen molar-refractivity contribution in [2.45, 2.75) is 39.7 Å². The molecular formula is C12H19N3O4. The van der Waals surface area contributed by atoms with Gasteiger partial charge in [0.25, 0.3) is 0 Å². The molecule has 1 heterocycles. The van der Waals surface area contributed by atoms with Gasteiger partial charge in [0.2, 0.25) is 0 Å². The Kier molecular flexibility index (Phi) is 5.98. The first-order valence-electron chi connectivity index (χ1n) is 6.37. The van der Waals surface area contributed by atoms with E-state index in [4.69, 9.17) is 9.47 Å². The van der Waals surface area contributed by atoms with Gasteiger partial charge in [-0.15, -0.1) is 5.10 Å². The minimum Gasteiger partial charge on any atom is -0.465 e. The van der Waals surface area contributed by atoms with Crippen LogP contribution >= 0.6 is 0 Å². The highest BCUT2D eigenvalue weighted by Gasteiger charge is 2.34. The van der Waals surface area contributed by atoms with Gasteiger partial charge < -0.3 is 9.47 Å². The first-order valence-corrected chi connectivity index (χ1v) is 6.37. The summed E-state index contributed by atoms with van der Waals surface area (Å²) in [6, 6.07) is 0. The van der Waals surface area contributed by atoms with Gasteiger partial charge in [-0.3, -0.25) is 9.59 Å². The summed E-state index contributed by atoms with van der Waals surface area (Å²) in [5, 5.41) is 7.61. The number of rotatable bonds is 7. The highest BCUT2D eigenvalue weighted by atomic mass is 16.6. The van der Waals surface area contributed by atoms with Crippen LogP contribution in [-0.4, -0.2) is 40.1 Å². The number of hydrogen-bond donors (Lipinski definition) is 0. The molecule has 1 rings (SSSR count). The summed E-state index contributed by atoms with van der Waals surface area (Å²) < 4.78 is 11.4. The average molecular weight is 269 g/mol. The molecule has 0 amide bonds. The monoisotopic (exact) mass is 269 g/mol. The van der Waals surface area contributed by atoms with Crippen molar-refractivity contribution in [2.75, 3.05) is 13.2 Å². The van der Waals surface area contributed by atoms with E-state index >= 15 is 0 Å². The summed E-state index contributed by atoms with van der Waals surface area (Å²) >= 11 is 0. The smallest absolute Gasteiger partial charge is 0.326 e. The van der Waals surface area contributed by atoms with E-state index in [1.807, 2.05) is 6.92 Å². The molecule has 0 spiro atoms. The Hall–Kier alpha value is -1.92. The second kappa shape index (κ2) is 7.50.